The van der Waals surface area contributed by atoms with Crippen LogP contribution in [0.1, 0.15) is 25.7 Å². The zero-order valence-corrected chi connectivity index (χ0v) is 11.0. The summed E-state index contributed by atoms with van der Waals surface area (Å²) in [5, 5.41) is 5.43. The SMILES string of the molecule is COC(=O)CCCC[C@@H]1S[C@H](F)[C@@H]2NC(=O)N[C@@H]21. The number of ether oxygens (including phenoxy) is 1. The van der Waals surface area contributed by atoms with Crippen molar-refractivity contribution in [3.63, 3.8) is 0 Å². The predicted octanol–water partition coefficient (Wildman–Crippen LogP) is 1.18. The first-order valence-corrected chi connectivity index (χ1v) is 6.99. The number of rotatable bonds is 5. The smallest absolute Gasteiger partial charge is 0.315 e. The van der Waals surface area contributed by atoms with E-state index in [4.69, 9.17) is 0 Å². The molecule has 0 spiro atoms. The van der Waals surface area contributed by atoms with E-state index in [-0.39, 0.29) is 23.3 Å². The Morgan fingerprint density at radius 2 is 2.11 bits per heavy atom. The summed E-state index contributed by atoms with van der Waals surface area (Å²) in [6, 6.07) is -0.823. The van der Waals surface area contributed by atoms with Crippen molar-refractivity contribution in [3.05, 3.63) is 0 Å². The minimum absolute atomic E-state index is 0.0848. The number of esters is 1. The van der Waals surface area contributed by atoms with E-state index in [1.807, 2.05) is 0 Å². The van der Waals surface area contributed by atoms with E-state index in [2.05, 4.69) is 15.4 Å². The molecule has 2 aliphatic rings. The number of urea groups is 1. The molecule has 2 rings (SSSR count). The number of methoxy groups -OCH3 is 1. The monoisotopic (exact) mass is 276 g/mol. The standard InChI is InChI=1S/C11H17FN2O3S/c1-17-7(15)5-3-2-4-6-8-9(10(12)18-6)14-11(16)13-8/h6,8-10H,2-5H2,1H3,(H2,13,14,16)/t6-,8+,9+,10-/m0/s1. The van der Waals surface area contributed by atoms with E-state index in [1.54, 1.807) is 0 Å². The highest BCUT2D eigenvalue weighted by molar-refractivity contribution is 8.00. The Hall–Kier alpha value is -0.980. The first-order valence-electron chi connectivity index (χ1n) is 6.05. The van der Waals surface area contributed by atoms with Gasteiger partial charge in [0, 0.05) is 11.7 Å². The summed E-state index contributed by atoms with van der Waals surface area (Å²) in [7, 11) is 1.37. The molecule has 2 aliphatic heterocycles. The molecule has 0 aromatic rings. The number of unbranched alkanes of at least 4 members (excludes halogenated alkanes) is 1. The average Bonchev–Trinajstić information content (AvgIpc) is 2.85. The highest BCUT2D eigenvalue weighted by atomic mass is 32.2. The van der Waals surface area contributed by atoms with Crippen LogP contribution in [0.4, 0.5) is 9.18 Å². The molecule has 0 aromatic heterocycles. The fourth-order valence-corrected chi connectivity index (χ4v) is 3.83. The summed E-state index contributed by atoms with van der Waals surface area (Å²) in [5.41, 5.74) is -1.04. The van der Waals surface area contributed by atoms with Crippen molar-refractivity contribution in [1.29, 1.82) is 0 Å². The molecule has 7 heteroatoms. The van der Waals surface area contributed by atoms with Gasteiger partial charge in [0.25, 0.3) is 0 Å². The van der Waals surface area contributed by atoms with Crippen LogP contribution in [0.3, 0.4) is 0 Å². The molecule has 2 N–H and O–H groups in total. The fraction of sp³-hybridized carbons (Fsp3) is 0.818. The van der Waals surface area contributed by atoms with Crippen LogP contribution < -0.4 is 10.6 Å². The van der Waals surface area contributed by atoms with Crippen molar-refractivity contribution in [2.45, 2.75) is 48.5 Å². The lowest BCUT2D eigenvalue weighted by Crippen LogP contribution is -2.38. The summed E-state index contributed by atoms with van der Waals surface area (Å²) in [5.74, 6) is -0.217. The number of amides is 2. The second-order valence-corrected chi connectivity index (χ2v) is 5.84. The zero-order valence-electron chi connectivity index (χ0n) is 10.1. The van der Waals surface area contributed by atoms with E-state index in [0.717, 1.165) is 19.3 Å². The molecule has 0 bridgehead atoms. The molecule has 2 heterocycles. The quantitative estimate of drug-likeness (QED) is 0.449. The molecule has 5 nitrogen and oxygen atoms in total. The second-order valence-electron chi connectivity index (χ2n) is 4.52. The van der Waals surface area contributed by atoms with Gasteiger partial charge in [-0.15, -0.1) is 11.8 Å². The molecule has 0 unspecified atom stereocenters. The van der Waals surface area contributed by atoms with Gasteiger partial charge in [-0.3, -0.25) is 4.79 Å². The van der Waals surface area contributed by atoms with E-state index in [1.165, 1.54) is 18.9 Å². The highest BCUT2D eigenvalue weighted by Crippen LogP contribution is 2.39. The summed E-state index contributed by atoms with van der Waals surface area (Å²) >= 11 is 1.26. The molecule has 2 fully saturated rings. The first kappa shape index (κ1) is 13.5. The maximum atomic E-state index is 13.6. The van der Waals surface area contributed by atoms with Crippen molar-refractivity contribution < 1.29 is 18.7 Å². The Kier molecular flexibility index (Phi) is 4.31. The lowest BCUT2D eigenvalue weighted by atomic mass is 10.0. The van der Waals surface area contributed by atoms with Crippen LogP contribution in [0.25, 0.3) is 0 Å². The number of hydrogen-bond donors (Lipinski definition) is 2. The lowest BCUT2D eigenvalue weighted by Gasteiger charge is -2.15. The number of thioether (sulfide) groups is 1. The number of halogens is 1. The molecule has 0 saturated carbocycles. The fourth-order valence-electron chi connectivity index (χ4n) is 2.38. The van der Waals surface area contributed by atoms with Crippen molar-refractivity contribution in [3.8, 4) is 0 Å². The molecule has 0 radical (unpaired) electrons. The Morgan fingerprint density at radius 1 is 1.39 bits per heavy atom. The summed E-state index contributed by atoms with van der Waals surface area (Å²) < 4.78 is 18.2. The molecule has 0 aliphatic carbocycles. The molecule has 18 heavy (non-hydrogen) atoms. The van der Waals surface area contributed by atoms with Crippen molar-refractivity contribution in [1.82, 2.24) is 10.6 Å². The Balaban J connectivity index is 1.73. The zero-order chi connectivity index (χ0) is 13.1. The van der Waals surface area contributed by atoms with Gasteiger partial charge >= 0.3 is 12.0 Å². The third-order valence-corrected chi connectivity index (χ3v) is 4.75. The molecule has 2 amide bonds. The number of nitrogens with one attached hydrogen (secondary N) is 2. The van der Waals surface area contributed by atoms with Gasteiger partial charge in [-0.25, -0.2) is 9.18 Å². The Morgan fingerprint density at radius 3 is 2.83 bits per heavy atom. The molecule has 0 aromatic carbocycles. The Labute approximate surface area is 109 Å². The van der Waals surface area contributed by atoms with Crippen LogP contribution in [0, 0.1) is 0 Å². The Bertz CT molecular complexity index is 342. The lowest BCUT2D eigenvalue weighted by molar-refractivity contribution is -0.140. The normalized spacial score (nSPS) is 33.8. The third kappa shape index (κ3) is 2.88. The van der Waals surface area contributed by atoms with Crippen LogP contribution >= 0.6 is 11.8 Å². The van der Waals surface area contributed by atoms with Crippen LogP contribution in [0.15, 0.2) is 0 Å². The van der Waals surface area contributed by atoms with Crippen molar-refractivity contribution in [2.24, 2.45) is 0 Å². The summed E-state index contributed by atoms with van der Waals surface area (Å²) in [6.07, 6.45) is 2.76. The van der Waals surface area contributed by atoms with Gasteiger partial charge in [0.2, 0.25) is 0 Å². The number of alkyl halides is 1. The summed E-state index contributed by atoms with van der Waals surface area (Å²) in [6.45, 7) is 0. The van der Waals surface area contributed by atoms with Gasteiger partial charge in [-0.2, -0.15) is 0 Å². The van der Waals surface area contributed by atoms with E-state index < -0.39 is 11.5 Å². The maximum absolute atomic E-state index is 13.6. The van der Waals surface area contributed by atoms with E-state index in [0.29, 0.717) is 6.42 Å². The van der Waals surface area contributed by atoms with Gasteiger partial charge in [-0.1, -0.05) is 6.42 Å². The van der Waals surface area contributed by atoms with Gasteiger partial charge in [0.05, 0.1) is 19.2 Å². The van der Waals surface area contributed by atoms with Gasteiger partial charge in [0.1, 0.15) is 0 Å². The van der Waals surface area contributed by atoms with Gasteiger partial charge < -0.3 is 15.4 Å². The van der Waals surface area contributed by atoms with Crippen molar-refractivity contribution in [2.75, 3.05) is 7.11 Å². The minimum Gasteiger partial charge on any atom is -0.469 e. The molecular formula is C11H17FN2O3S. The van der Waals surface area contributed by atoms with E-state index in [9.17, 15) is 14.0 Å². The number of carbonyl (C=O) groups is 2. The average molecular weight is 276 g/mol. The second kappa shape index (κ2) is 5.77. The molecule has 4 atom stereocenters. The summed E-state index contributed by atoms with van der Waals surface area (Å²) in [4.78, 5) is 22.1. The molecule has 102 valence electrons. The van der Waals surface area contributed by atoms with E-state index >= 15 is 0 Å². The highest BCUT2D eigenvalue weighted by Gasteiger charge is 2.49. The largest absolute Gasteiger partial charge is 0.469 e. The minimum atomic E-state index is -1.04. The maximum Gasteiger partial charge on any atom is 0.315 e. The predicted molar refractivity (Wildman–Crippen MR) is 66.0 cm³/mol. The topological polar surface area (TPSA) is 67.4 Å². The van der Waals surface area contributed by atoms with Crippen LogP contribution in [-0.2, 0) is 9.53 Å². The molecular weight excluding hydrogens is 259 g/mol. The third-order valence-electron chi connectivity index (χ3n) is 3.32. The van der Waals surface area contributed by atoms with Crippen molar-refractivity contribution >= 4 is 23.8 Å². The molecule has 2 saturated heterocycles. The van der Waals surface area contributed by atoms with Gasteiger partial charge in [-0.05, 0) is 12.8 Å². The number of fused-ring (bicyclic) bond motifs is 1. The van der Waals surface area contributed by atoms with Crippen LogP contribution in [0.5, 0.6) is 0 Å². The van der Waals surface area contributed by atoms with Gasteiger partial charge in [0.15, 0.2) is 5.50 Å². The number of carbonyl (C=O) groups excluding carboxylic acids is 2. The van der Waals surface area contributed by atoms with Crippen LogP contribution in [-0.4, -0.2) is 41.9 Å². The van der Waals surface area contributed by atoms with Crippen LogP contribution in [0.2, 0.25) is 0 Å². The number of hydrogen-bond acceptors (Lipinski definition) is 4. The first-order chi connectivity index (χ1) is 8.61.